The summed E-state index contributed by atoms with van der Waals surface area (Å²) in [6.07, 6.45) is 1.86. The maximum atomic E-state index is 12.0. The number of benzene rings is 2. The first-order valence-corrected chi connectivity index (χ1v) is 6.85. The third-order valence-electron chi connectivity index (χ3n) is 3.84. The van der Waals surface area contributed by atoms with E-state index >= 15 is 0 Å². The molecule has 0 atom stereocenters. The molecule has 0 aliphatic carbocycles. The zero-order chi connectivity index (χ0) is 14.3. The number of hydrogen-bond donors (Lipinski definition) is 1. The Bertz CT molecular complexity index is 638. The van der Waals surface area contributed by atoms with Gasteiger partial charge < -0.3 is 5.73 Å². The maximum absolute atomic E-state index is 12.0. The molecule has 0 aromatic heterocycles. The predicted molar refractivity (Wildman–Crippen MR) is 81.5 cm³/mol. The molecule has 0 spiro atoms. The molecule has 2 aromatic rings. The molecule has 1 aliphatic rings. The summed E-state index contributed by atoms with van der Waals surface area (Å²) < 4.78 is 0. The molecule has 2 N–H and O–H groups in total. The van der Waals surface area contributed by atoms with E-state index in [0.29, 0.717) is 0 Å². The second-order valence-corrected chi connectivity index (χ2v) is 5.44. The molecular weight excluding hydrogens is 248 g/mol. The van der Waals surface area contributed by atoms with Crippen LogP contribution < -0.4 is 10.6 Å². The zero-order valence-electron chi connectivity index (χ0n) is 11.8. The minimum absolute atomic E-state index is 0.429. The van der Waals surface area contributed by atoms with E-state index in [9.17, 15) is 4.79 Å². The van der Waals surface area contributed by atoms with E-state index < -0.39 is 6.03 Å². The fraction of sp³-hybridized carbons (Fsp3) is 0.235. The van der Waals surface area contributed by atoms with E-state index in [-0.39, 0.29) is 0 Å². The molecule has 20 heavy (non-hydrogen) atoms. The summed E-state index contributed by atoms with van der Waals surface area (Å²) in [6.45, 7) is 4.13. The number of fused-ring (bicyclic) bond motifs is 2. The van der Waals surface area contributed by atoms with Crippen LogP contribution in [0.5, 0.6) is 0 Å². The lowest BCUT2D eigenvalue weighted by atomic mass is 10.0. The number of nitrogens with two attached hydrogens (primary N) is 1. The fourth-order valence-electron chi connectivity index (χ4n) is 2.90. The topological polar surface area (TPSA) is 46.3 Å². The minimum atomic E-state index is -0.429. The summed E-state index contributed by atoms with van der Waals surface area (Å²) >= 11 is 0. The third kappa shape index (κ3) is 2.05. The van der Waals surface area contributed by atoms with Crippen LogP contribution in [0.3, 0.4) is 0 Å². The lowest BCUT2D eigenvalue weighted by Gasteiger charge is -2.23. The highest BCUT2D eigenvalue weighted by atomic mass is 16.2. The maximum Gasteiger partial charge on any atom is 0.323 e. The van der Waals surface area contributed by atoms with Crippen LogP contribution in [-0.2, 0) is 12.8 Å². The molecule has 3 nitrogen and oxygen atoms in total. The third-order valence-corrected chi connectivity index (χ3v) is 3.84. The number of urea groups is 1. The van der Waals surface area contributed by atoms with E-state index in [0.717, 1.165) is 24.2 Å². The van der Waals surface area contributed by atoms with Crippen LogP contribution in [0.25, 0.3) is 0 Å². The molecule has 1 aliphatic heterocycles. The highest BCUT2D eigenvalue weighted by Gasteiger charge is 2.24. The van der Waals surface area contributed by atoms with Crippen LogP contribution >= 0.6 is 0 Å². The van der Waals surface area contributed by atoms with Gasteiger partial charge in [-0.15, -0.1) is 0 Å². The standard InChI is InChI=1S/C17H18N2O/c1-11-3-7-15-13(9-11)5-6-14-10-12(2)4-8-16(14)19(15)17(18)20/h3-4,7-10H,5-6H2,1-2H3,(H2,18,20). The van der Waals surface area contributed by atoms with Gasteiger partial charge in [-0.05, 0) is 49.9 Å². The predicted octanol–water partition coefficient (Wildman–Crippen LogP) is 3.62. The Morgan fingerprint density at radius 1 is 0.950 bits per heavy atom. The van der Waals surface area contributed by atoms with Crippen molar-refractivity contribution in [2.24, 2.45) is 5.73 Å². The molecular formula is C17H18N2O. The van der Waals surface area contributed by atoms with Gasteiger partial charge in [0.25, 0.3) is 0 Å². The van der Waals surface area contributed by atoms with Gasteiger partial charge in [-0.25, -0.2) is 4.79 Å². The lowest BCUT2D eigenvalue weighted by Crippen LogP contribution is -2.32. The Morgan fingerprint density at radius 3 is 1.80 bits per heavy atom. The van der Waals surface area contributed by atoms with Gasteiger partial charge in [0.2, 0.25) is 0 Å². The molecule has 2 amide bonds. The van der Waals surface area contributed by atoms with Gasteiger partial charge in [-0.2, -0.15) is 0 Å². The van der Waals surface area contributed by atoms with E-state index in [2.05, 4.69) is 26.0 Å². The Hall–Kier alpha value is -2.29. The normalized spacial score (nSPS) is 13.4. The van der Waals surface area contributed by atoms with Crippen LogP contribution in [0.2, 0.25) is 0 Å². The van der Waals surface area contributed by atoms with E-state index in [1.807, 2.05) is 24.3 Å². The summed E-state index contributed by atoms with van der Waals surface area (Å²) in [7, 11) is 0. The second-order valence-electron chi connectivity index (χ2n) is 5.44. The molecule has 0 bridgehead atoms. The monoisotopic (exact) mass is 266 g/mol. The number of nitrogens with zero attached hydrogens (tertiary/aromatic N) is 1. The molecule has 0 fully saturated rings. The number of carbonyl (C=O) groups is 1. The molecule has 1 heterocycles. The minimum Gasteiger partial charge on any atom is -0.351 e. The van der Waals surface area contributed by atoms with Crippen molar-refractivity contribution in [3.63, 3.8) is 0 Å². The van der Waals surface area contributed by atoms with E-state index in [4.69, 9.17) is 5.73 Å². The Labute approximate surface area is 119 Å². The number of aryl methyl sites for hydroxylation is 4. The van der Waals surface area contributed by atoms with Crippen LogP contribution in [0.15, 0.2) is 36.4 Å². The number of rotatable bonds is 0. The van der Waals surface area contributed by atoms with Crippen molar-refractivity contribution >= 4 is 17.4 Å². The molecule has 0 unspecified atom stereocenters. The number of hydrogen-bond acceptors (Lipinski definition) is 1. The second kappa shape index (κ2) is 4.67. The zero-order valence-corrected chi connectivity index (χ0v) is 11.8. The summed E-state index contributed by atoms with van der Waals surface area (Å²) in [5.74, 6) is 0. The number of amides is 2. The van der Waals surface area contributed by atoms with Crippen LogP contribution in [-0.4, -0.2) is 6.03 Å². The fourth-order valence-corrected chi connectivity index (χ4v) is 2.90. The van der Waals surface area contributed by atoms with Crippen molar-refractivity contribution in [3.8, 4) is 0 Å². The van der Waals surface area contributed by atoms with Crippen molar-refractivity contribution in [3.05, 3.63) is 58.7 Å². The van der Waals surface area contributed by atoms with Gasteiger partial charge in [0.15, 0.2) is 0 Å². The van der Waals surface area contributed by atoms with Crippen molar-refractivity contribution < 1.29 is 4.79 Å². The SMILES string of the molecule is Cc1ccc2c(c1)CCc1cc(C)ccc1N2C(N)=O. The van der Waals surface area contributed by atoms with Crippen molar-refractivity contribution in [2.75, 3.05) is 4.90 Å². The Morgan fingerprint density at radius 2 is 1.40 bits per heavy atom. The summed E-state index contributed by atoms with van der Waals surface area (Å²) in [5.41, 5.74) is 12.2. The van der Waals surface area contributed by atoms with Crippen LogP contribution in [0.1, 0.15) is 22.3 Å². The van der Waals surface area contributed by atoms with Gasteiger partial charge >= 0.3 is 6.03 Å². The highest BCUT2D eigenvalue weighted by Crippen LogP contribution is 2.36. The lowest BCUT2D eigenvalue weighted by molar-refractivity contribution is 0.256. The van der Waals surface area contributed by atoms with Gasteiger partial charge in [-0.3, -0.25) is 4.90 Å². The highest BCUT2D eigenvalue weighted by molar-refractivity contribution is 6.00. The molecule has 0 saturated carbocycles. The number of primary amides is 1. The van der Waals surface area contributed by atoms with Gasteiger partial charge in [0.1, 0.15) is 0 Å². The van der Waals surface area contributed by atoms with Crippen molar-refractivity contribution in [1.82, 2.24) is 0 Å². The summed E-state index contributed by atoms with van der Waals surface area (Å²) in [5, 5.41) is 0. The molecule has 0 radical (unpaired) electrons. The first kappa shape index (κ1) is 12.7. The quantitative estimate of drug-likeness (QED) is 0.777. The molecule has 2 aromatic carbocycles. The smallest absolute Gasteiger partial charge is 0.323 e. The summed E-state index contributed by atoms with van der Waals surface area (Å²) in [6, 6.07) is 11.9. The van der Waals surface area contributed by atoms with Crippen LogP contribution in [0.4, 0.5) is 16.2 Å². The van der Waals surface area contributed by atoms with E-state index in [1.165, 1.54) is 22.3 Å². The number of anilines is 2. The first-order valence-electron chi connectivity index (χ1n) is 6.85. The van der Waals surface area contributed by atoms with Gasteiger partial charge in [-0.1, -0.05) is 35.4 Å². The van der Waals surface area contributed by atoms with E-state index in [1.54, 1.807) is 4.90 Å². The van der Waals surface area contributed by atoms with Crippen molar-refractivity contribution in [1.29, 1.82) is 0 Å². The first-order chi connectivity index (χ1) is 9.56. The summed E-state index contributed by atoms with van der Waals surface area (Å²) in [4.78, 5) is 13.6. The Balaban J connectivity index is 2.23. The van der Waals surface area contributed by atoms with Crippen molar-refractivity contribution in [2.45, 2.75) is 26.7 Å². The van der Waals surface area contributed by atoms with Crippen LogP contribution in [0, 0.1) is 13.8 Å². The average molecular weight is 266 g/mol. The molecule has 3 rings (SSSR count). The number of carbonyl (C=O) groups excluding carboxylic acids is 1. The van der Waals surface area contributed by atoms with Gasteiger partial charge in [0, 0.05) is 0 Å². The van der Waals surface area contributed by atoms with Gasteiger partial charge in [0.05, 0.1) is 11.4 Å². The molecule has 3 heteroatoms. The molecule has 0 saturated heterocycles. The Kier molecular flexibility index (Phi) is 2.97. The molecule has 102 valence electrons. The largest absolute Gasteiger partial charge is 0.351 e. The average Bonchev–Trinajstić information content (AvgIpc) is 2.55.